The van der Waals surface area contributed by atoms with Crippen LogP contribution in [-0.2, 0) is 9.59 Å². The number of amidine groups is 2. The lowest BCUT2D eigenvalue weighted by Gasteiger charge is -2.09. The summed E-state index contributed by atoms with van der Waals surface area (Å²) in [4.78, 5) is 17.8. The number of benzene rings is 2. The number of carboxylic acid groups (broad SMARTS) is 2. The summed E-state index contributed by atoms with van der Waals surface area (Å²) < 4.78 is 63.5. The van der Waals surface area contributed by atoms with Gasteiger partial charge in [0, 0.05) is 35.6 Å². The SMILES string of the molecule is N=C(N)c1ccc(NCCCNc2ccc(C(=N)N)cc2)cc1.O=C(O)C(F)(F)F.O=C(O)C(F)(F)F. The predicted octanol–water partition coefficient (Wildman–Crippen LogP) is 3.44. The molecule has 10 nitrogen and oxygen atoms in total. The number of nitrogens with one attached hydrogen (secondary N) is 4. The van der Waals surface area contributed by atoms with Crippen molar-refractivity contribution in [3.05, 3.63) is 59.7 Å². The molecule has 0 aliphatic carbocycles. The molecule has 0 heterocycles. The van der Waals surface area contributed by atoms with E-state index >= 15 is 0 Å². The number of nitrogens with two attached hydrogens (primary N) is 2. The fourth-order valence-electron chi connectivity index (χ4n) is 2.09. The minimum absolute atomic E-state index is 0.0801. The third-order valence-electron chi connectivity index (χ3n) is 3.89. The van der Waals surface area contributed by atoms with Crippen molar-refractivity contribution in [3.8, 4) is 0 Å². The van der Waals surface area contributed by atoms with E-state index in [1.165, 1.54) is 0 Å². The number of hydrogen-bond donors (Lipinski definition) is 8. The van der Waals surface area contributed by atoms with Gasteiger partial charge in [-0.3, -0.25) is 10.8 Å². The highest BCUT2D eigenvalue weighted by Crippen LogP contribution is 2.14. The Morgan fingerprint density at radius 1 is 0.676 bits per heavy atom. The van der Waals surface area contributed by atoms with Crippen molar-refractivity contribution in [3.63, 3.8) is 0 Å². The Bertz CT molecular complexity index is 958. The van der Waals surface area contributed by atoms with Gasteiger partial charge in [0.25, 0.3) is 0 Å². The van der Waals surface area contributed by atoms with Gasteiger partial charge in [0.05, 0.1) is 0 Å². The maximum absolute atomic E-state index is 10.6. The van der Waals surface area contributed by atoms with Crippen LogP contribution in [0.25, 0.3) is 0 Å². The van der Waals surface area contributed by atoms with E-state index in [1.807, 2.05) is 48.5 Å². The molecule has 0 bridgehead atoms. The van der Waals surface area contributed by atoms with Crippen LogP contribution in [0.3, 0.4) is 0 Å². The zero-order chi connectivity index (χ0) is 28.8. The Hall–Kier alpha value is -4.50. The Labute approximate surface area is 206 Å². The molecule has 0 unspecified atom stereocenters. The van der Waals surface area contributed by atoms with Gasteiger partial charge in [-0.15, -0.1) is 0 Å². The average Bonchev–Trinajstić information content (AvgIpc) is 2.79. The molecule has 10 N–H and O–H groups in total. The predicted molar refractivity (Wildman–Crippen MR) is 124 cm³/mol. The molecule has 0 radical (unpaired) electrons. The zero-order valence-electron chi connectivity index (χ0n) is 18.9. The maximum Gasteiger partial charge on any atom is 0.490 e. The van der Waals surface area contributed by atoms with E-state index in [-0.39, 0.29) is 11.7 Å². The van der Waals surface area contributed by atoms with Gasteiger partial charge in [0.1, 0.15) is 11.7 Å². The first-order valence-electron chi connectivity index (χ1n) is 9.92. The molecule has 0 atom stereocenters. The normalized spacial score (nSPS) is 10.5. The molecule has 2 rings (SSSR count). The van der Waals surface area contributed by atoms with Crippen LogP contribution in [0.5, 0.6) is 0 Å². The first kappa shape index (κ1) is 32.5. The second kappa shape index (κ2) is 14.8. The summed E-state index contributed by atoms with van der Waals surface area (Å²) in [5.74, 6) is -5.35. The van der Waals surface area contributed by atoms with Gasteiger partial charge in [0.2, 0.25) is 0 Å². The molecular weight excluding hydrogens is 514 g/mol. The number of nitrogen functional groups attached to an aromatic ring is 2. The minimum Gasteiger partial charge on any atom is -0.475 e. The van der Waals surface area contributed by atoms with E-state index in [0.717, 1.165) is 42.0 Å². The monoisotopic (exact) mass is 538 g/mol. The van der Waals surface area contributed by atoms with Crippen molar-refractivity contribution in [1.82, 2.24) is 0 Å². The minimum atomic E-state index is -5.08. The smallest absolute Gasteiger partial charge is 0.475 e. The summed E-state index contributed by atoms with van der Waals surface area (Å²) in [5.41, 5.74) is 14.3. The third kappa shape index (κ3) is 14.5. The van der Waals surface area contributed by atoms with E-state index in [0.29, 0.717) is 0 Å². The third-order valence-corrected chi connectivity index (χ3v) is 3.89. The molecule has 0 saturated carbocycles. The number of carboxylic acids is 2. The highest BCUT2D eigenvalue weighted by molar-refractivity contribution is 5.95. The molecule has 204 valence electrons. The first-order valence-corrected chi connectivity index (χ1v) is 9.92. The van der Waals surface area contributed by atoms with Crippen molar-refractivity contribution in [1.29, 1.82) is 10.8 Å². The molecule has 2 aromatic carbocycles. The fourth-order valence-corrected chi connectivity index (χ4v) is 2.09. The molecule has 0 aliphatic rings. The summed E-state index contributed by atoms with van der Waals surface area (Å²) in [6.45, 7) is 1.69. The molecule has 16 heteroatoms. The summed E-state index contributed by atoms with van der Waals surface area (Å²) in [6, 6.07) is 15.0. The van der Waals surface area contributed by atoms with E-state index in [4.69, 9.17) is 42.1 Å². The lowest BCUT2D eigenvalue weighted by atomic mass is 10.2. The number of alkyl halides is 6. The van der Waals surface area contributed by atoms with Gasteiger partial charge < -0.3 is 32.3 Å². The summed E-state index contributed by atoms with van der Waals surface area (Å²) in [7, 11) is 0. The molecular formula is C21H24F6N6O4. The van der Waals surface area contributed by atoms with Gasteiger partial charge in [-0.05, 0) is 55.0 Å². The lowest BCUT2D eigenvalue weighted by molar-refractivity contribution is -0.193. The van der Waals surface area contributed by atoms with Crippen LogP contribution in [0, 0.1) is 10.8 Å². The lowest BCUT2D eigenvalue weighted by Crippen LogP contribution is -2.21. The van der Waals surface area contributed by atoms with E-state index in [9.17, 15) is 26.3 Å². The topological polar surface area (TPSA) is 198 Å². The fraction of sp³-hybridized carbons (Fsp3) is 0.238. The summed E-state index contributed by atoms with van der Waals surface area (Å²) >= 11 is 0. The molecule has 0 spiro atoms. The second-order valence-corrected chi connectivity index (χ2v) is 6.79. The van der Waals surface area contributed by atoms with Crippen molar-refractivity contribution in [2.75, 3.05) is 23.7 Å². The van der Waals surface area contributed by atoms with Gasteiger partial charge in [-0.1, -0.05) is 0 Å². The molecule has 2 aromatic rings. The highest BCUT2D eigenvalue weighted by Gasteiger charge is 2.38. The second-order valence-electron chi connectivity index (χ2n) is 6.79. The zero-order valence-corrected chi connectivity index (χ0v) is 18.9. The van der Waals surface area contributed by atoms with Crippen LogP contribution >= 0.6 is 0 Å². The van der Waals surface area contributed by atoms with Gasteiger partial charge in [0.15, 0.2) is 0 Å². The Morgan fingerprint density at radius 2 is 0.919 bits per heavy atom. The number of anilines is 2. The van der Waals surface area contributed by atoms with Crippen LogP contribution in [0.4, 0.5) is 37.7 Å². The van der Waals surface area contributed by atoms with E-state index in [2.05, 4.69) is 10.6 Å². The van der Waals surface area contributed by atoms with Crippen molar-refractivity contribution in [2.45, 2.75) is 18.8 Å². The van der Waals surface area contributed by atoms with Crippen LogP contribution < -0.4 is 22.1 Å². The standard InChI is InChI=1S/C17H22N6.2C2HF3O2/c18-16(19)12-2-6-14(7-3-12)22-10-1-11-23-15-8-4-13(5-9-15)17(20)21;2*3-2(4,5)1(6)7/h2-9,22-23H,1,10-11H2,(H3,18,19)(H3,20,21);2*(H,6,7). The summed E-state index contributed by atoms with van der Waals surface area (Å²) in [5, 5.41) is 35.6. The first-order chi connectivity index (χ1) is 16.9. The van der Waals surface area contributed by atoms with Gasteiger partial charge >= 0.3 is 24.3 Å². The highest BCUT2D eigenvalue weighted by atomic mass is 19.4. The number of rotatable bonds is 8. The van der Waals surface area contributed by atoms with Crippen molar-refractivity contribution < 1.29 is 46.1 Å². The van der Waals surface area contributed by atoms with Crippen LogP contribution in [0.15, 0.2) is 48.5 Å². The van der Waals surface area contributed by atoms with E-state index < -0.39 is 24.3 Å². The summed E-state index contributed by atoms with van der Waals surface area (Å²) in [6.07, 6.45) is -9.21. The molecule has 0 saturated heterocycles. The number of aliphatic carboxylic acids is 2. The average molecular weight is 538 g/mol. The molecule has 0 aliphatic heterocycles. The largest absolute Gasteiger partial charge is 0.490 e. The quantitative estimate of drug-likeness (QED) is 0.108. The van der Waals surface area contributed by atoms with Crippen molar-refractivity contribution in [2.24, 2.45) is 11.5 Å². The van der Waals surface area contributed by atoms with E-state index in [1.54, 1.807) is 0 Å². The van der Waals surface area contributed by atoms with Crippen LogP contribution in [0.1, 0.15) is 17.5 Å². The number of halogens is 6. The van der Waals surface area contributed by atoms with Gasteiger partial charge in [-0.2, -0.15) is 26.3 Å². The molecule has 0 amide bonds. The molecule has 0 aromatic heterocycles. The Balaban J connectivity index is 0.000000761. The van der Waals surface area contributed by atoms with Crippen LogP contribution in [-0.4, -0.2) is 59.3 Å². The number of carbonyl (C=O) groups is 2. The molecule has 37 heavy (non-hydrogen) atoms. The van der Waals surface area contributed by atoms with Crippen molar-refractivity contribution >= 4 is 35.0 Å². The number of hydrogen-bond acceptors (Lipinski definition) is 6. The molecule has 0 fully saturated rings. The van der Waals surface area contributed by atoms with Gasteiger partial charge in [-0.25, -0.2) is 9.59 Å². The Morgan fingerprint density at radius 3 is 1.11 bits per heavy atom. The maximum atomic E-state index is 10.6. The van der Waals surface area contributed by atoms with Crippen LogP contribution in [0.2, 0.25) is 0 Å². The Kier molecular flexibility index (Phi) is 13.0.